The molecular weight excluding hydrogens is 359 g/mol. The summed E-state index contributed by atoms with van der Waals surface area (Å²) in [5.74, 6) is -0.232. The monoisotopic (exact) mass is 372 g/mol. The van der Waals surface area contributed by atoms with Crippen LogP contribution in [0.2, 0.25) is 10.0 Å². The van der Waals surface area contributed by atoms with Crippen molar-refractivity contribution < 1.29 is 13.2 Å². The maximum absolute atomic E-state index is 12.5. The summed E-state index contributed by atoms with van der Waals surface area (Å²) in [7, 11) is -3.86. The molecule has 122 valence electrons. The van der Waals surface area contributed by atoms with Gasteiger partial charge in [0.2, 0.25) is 5.91 Å². The van der Waals surface area contributed by atoms with E-state index >= 15 is 0 Å². The van der Waals surface area contributed by atoms with Crippen LogP contribution in [0, 0.1) is 6.92 Å². The van der Waals surface area contributed by atoms with E-state index in [4.69, 9.17) is 23.2 Å². The average molecular weight is 373 g/mol. The van der Waals surface area contributed by atoms with Crippen LogP contribution in [0.15, 0.2) is 41.3 Å². The van der Waals surface area contributed by atoms with Crippen LogP contribution in [0.5, 0.6) is 0 Å². The highest BCUT2D eigenvalue weighted by molar-refractivity contribution is 7.92. The molecule has 0 radical (unpaired) electrons. The SMILES string of the molecule is CC(=O)Nc1ccc(S(=O)(=O)Nc2c(Cl)cccc2Cl)cc1C. The highest BCUT2D eigenvalue weighted by Crippen LogP contribution is 2.32. The number of rotatable bonds is 4. The lowest BCUT2D eigenvalue weighted by Gasteiger charge is -2.13. The van der Waals surface area contributed by atoms with E-state index in [-0.39, 0.29) is 26.5 Å². The number of sulfonamides is 1. The third-order valence-electron chi connectivity index (χ3n) is 3.02. The van der Waals surface area contributed by atoms with Crippen LogP contribution in [-0.2, 0) is 14.8 Å². The number of nitrogens with one attached hydrogen (secondary N) is 2. The number of amides is 1. The maximum Gasteiger partial charge on any atom is 0.261 e. The van der Waals surface area contributed by atoms with Gasteiger partial charge in [0.1, 0.15) is 0 Å². The minimum Gasteiger partial charge on any atom is -0.326 e. The highest BCUT2D eigenvalue weighted by Gasteiger charge is 2.18. The Balaban J connectivity index is 2.37. The van der Waals surface area contributed by atoms with Gasteiger partial charge in [0.25, 0.3) is 10.0 Å². The summed E-state index contributed by atoms with van der Waals surface area (Å²) in [6.45, 7) is 3.08. The molecule has 1 amide bonds. The highest BCUT2D eigenvalue weighted by atomic mass is 35.5. The average Bonchev–Trinajstić information content (AvgIpc) is 2.45. The first-order chi connectivity index (χ1) is 10.7. The number of carbonyl (C=O) groups is 1. The molecule has 2 N–H and O–H groups in total. The summed E-state index contributed by atoms with van der Waals surface area (Å²) in [6, 6.07) is 9.07. The minimum atomic E-state index is -3.86. The Kier molecular flexibility index (Phi) is 5.19. The van der Waals surface area contributed by atoms with Crippen LogP contribution in [0.4, 0.5) is 11.4 Å². The molecule has 0 spiro atoms. The lowest BCUT2D eigenvalue weighted by molar-refractivity contribution is -0.114. The molecule has 0 atom stereocenters. The first-order valence-electron chi connectivity index (χ1n) is 6.56. The molecule has 0 heterocycles. The predicted molar refractivity (Wildman–Crippen MR) is 92.8 cm³/mol. The third-order valence-corrected chi connectivity index (χ3v) is 5.00. The molecule has 0 saturated carbocycles. The lowest BCUT2D eigenvalue weighted by Crippen LogP contribution is -2.14. The van der Waals surface area contributed by atoms with E-state index in [1.54, 1.807) is 13.0 Å². The summed E-state index contributed by atoms with van der Waals surface area (Å²) >= 11 is 12.0. The smallest absolute Gasteiger partial charge is 0.261 e. The van der Waals surface area contributed by atoms with Gasteiger partial charge in [-0.15, -0.1) is 0 Å². The molecule has 0 bridgehead atoms. The standard InChI is InChI=1S/C15H14Cl2N2O3S/c1-9-8-11(6-7-14(9)18-10(2)20)23(21,22)19-15-12(16)4-3-5-13(15)17/h3-8,19H,1-2H3,(H,18,20). The van der Waals surface area contributed by atoms with Crippen molar-refractivity contribution in [3.8, 4) is 0 Å². The van der Waals surface area contributed by atoms with E-state index in [9.17, 15) is 13.2 Å². The fourth-order valence-corrected chi connectivity index (χ4v) is 3.71. The second kappa shape index (κ2) is 6.78. The Morgan fingerprint density at radius 2 is 1.70 bits per heavy atom. The topological polar surface area (TPSA) is 75.3 Å². The van der Waals surface area contributed by atoms with Crippen LogP contribution < -0.4 is 10.0 Å². The van der Waals surface area contributed by atoms with Crippen molar-refractivity contribution in [2.45, 2.75) is 18.7 Å². The first kappa shape index (κ1) is 17.6. The normalized spacial score (nSPS) is 11.1. The van der Waals surface area contributed by atoms with Crippen molar-refractivity contribution in [2.75, 3.05) is 10.0 Å². The molecule has 2 aromatic rings. The Hall–Kier alpha value is -1.76. The zero-order valence-electron chi connectivity index (χ0n) is 12.4. The quantitative estimate of drug-likeness (QED) is 0.849. The third kappa shape index (κ3) is 4.16. The van der Waals surface area contributed by atoms with E-state index in [1.165, 1.54) is 37.3 Å². The summed E-state index contributed by atoms with van der Waals surface area (Å²) in [6.07, 6.45) is 0. The number of anilines is 2. The number of carbonyl (C=O) groups excluding carboxylic acids is 1. The summed E-state index contributed by atoms with van der Waals surface area (Å²) in [4.78, 5) is 11.1. The Morgan fingerprint density at radius 1 is 1.09 bits per heavy atom. The van der Waals surface area contributed by atoms with Crippen molar-refractivity contribution in [3.05, 3.63) is 52.0 Å². The number of benzene rings is 2. The fourth-order valence-electron chi connectivity index (χ4n) is 1.92. The largest absolute Gasteiger partial charge is 0.326 e. The molecule has 0 aliphatic heterocycles. The van der Waals surface area contributed by atoms with Gasteiger partial charge in [0.15, 0.2) is 0 Å². The number of para-hydroxylation sites is 1. The van der Waals surface area contributed by atoms with Gasteiger partial charge in [0.05, 0.1) is 20.6 Å². The van der Waals surface area contributed by atoms with E-state index in [2.05, 4.69) is 10.0 Å². The van der Waals surface area contributed by atoms with Crippen molar-refractivity contribution in [1.29, 1.82) is 0 Å². The second-order valence-electron chi connectivity index (χ2n) is 4.86. The van der Waals surface area contributed by atoms with Gasteiger partial charge in [-0.1, -0.05) is 29.3 Å². The van der Waals surface area contributed by atoms with Gasteiger partial charge in [-0.3, -0.25) is 9.52 Å². The van der Waals surface area contributed by atoms with Gasteiger partial charge in [-0.05, 0) is 42.8 Å². The summed E-state index contributed by atoms with van der Waals surface area (Å²) in [5.41, 5.74) is 1.29. The van der Waals surface area contributed by atoms with E-state index < -0.39 is 10.0 Å². The molecule has 5 nitrogen and oxygen atoms in total. The number of hydrogen-bond donors (Lipinski definition) is 2. The number of aryl methyl sites for hydroxylation is 1. The Morgan fingerprint density at radius 3 is 2.22 bits per heavy atom. The van der Waals surface area contributed by atoms with E-state index in [0.717, 1.165) is 0 Å². The zero-order valence-corrected chi connectivity index (χ0v) is 14.7. The molecule has 0 aromatic heterocycles. The van der Waals surface area contributed by atoms with Crippen molar-refractivity contribution in [3.63, 3.8) is 0 Å². The molecule has 8 heteroatoms. The molecule has 2 rings (SSSR count). The lowest BCUT2D eigenvalue weighted by atomic mass is 10.2. The van der Waals surface area contributed by atoms with Gasteiger partial charge < -0.3 is 5.32 Å². The second-order valence-corrected chi connectivity index (χ2v) is 7.36. The Labute approximate surface area is 144 Å². The summed E-state index contributed by atoms with van der Waals surface area (Å²) in [5, 5.41) is 3.03. The van der Waals surface area contributed by atoms with Gasteiger partial charge in [0, 0.05) is 12.6 Å². The fraction of sp³-hybridized carbons (Fsp3) is 0.133. The zero-order chi connectivity index (χ0) is 17.2. The van der Waals surface area contributed by atoms with Crippen LogP contribution in [-0.4, -0.2) is 14.3 Å². The molecule has 2 aromatic carbocycles. The first-order valence-corrected chi connectivity index (χ1v) is 8.79. The van der Waals surface area contributed by atoms with Crippen molar-refractivity contribution in [2.24, 2.45) is 0 Å². The van der Waals surface area contributed by atoms with Crippen LogP contribution in [0.1, 0.15) is 12.5 Å². The predicted octanol–water partition coefficient (Wildman–Crippen LogP) is 4.06. The molecular formula is C15H14Cl2N2O3S. The molecule has 23 heavy (non-hydrogen) atoms. The van der Waals surface area contributed by atoms with E-state index in [1.807, 2.05) is 0 Å². The molecule has 0 saturated heterocycles. The molecule has 0 fully saturated rings. The molecule has 0 unspecified atom stereocenters. The molecule has 0 aliphatic rings. The van der Waals surface area contributed by atoms with Crippen molar-refractivity contribution in [1.82, 2.24) is 0 Å². The Bertz CT molecular complexity index is 847. The summed E-state index contributed by atoms with van der Waals surface area (Å²) < 4.78 is 27.3. The van der Waals surface area contributed by atoms with Crippen LogP contribution in [0.3, 0.4) is 0 Å². The maximum atomic E-state index is 12.5. The van der Waals surface area contributed by atoms with Gasteiger partial charge in [-0.2, -0.15) is 0 Å². The van der Waals surface area contributed by atoms with Crippen LogP contribution >= 0.6 is 23.2 Å². The number of halogens is 2. The van der Waals surface area contributed by atoms with Crippen molar-refractivity contribution >= 4 is 50.5 Å². The number of hydrogen-bond acceptors (Lipinski definition) is 3. The molecule has 0 aliphatic carbocycles. The van der Waals surface area contributed by atoms with Gasteiger partial charge >= 0.3 is 0 Å². The van der Waals surface area contributed by atoms with Gasteiger partial charge in [-0.25, -0.2) is 8.42 Å². The van der Waals surface area contributed by atoms with Crippen LogP contribution in [0.25, 0.3) is 0 Å². The van der Waals surface area contributed by atoms with E-state index in [0.29, 0.717) is 11.3 Å². The minimum absolute atomic E-state index is 0.0417.